The van der Waals surface area contributed by atoms with Crippen molar-refractivity contribution in [1.82, 2.24) is 4.98 Å². The van der Waals surface area contributed by atoms with E-state index in [4.69, 9.17) is 46.4 Å². The first-order valence-corrected chi connectivity index (χ1v) is 6.36. The third-order valence-corrected chi connectivity index (χ3v) is 3.54. The third kappa shape index (κ3) is 2.92. The highest BCUT2D eigenvalue weighted by Gasteiger charge is 2.20. The molecule has 2 rings (SSSR count). The van der Waals surface area contributed by atoms with Crippen molar-refractivity contribution in [2.75, 3.05) is 0 Å². The normalized spacial score (nSPS) is 10.5. The molecule has 1 heterocycles. The summed E-state index contributed by atoms with van der Waals surface area (Å²) in [6.07, 6.45) is 1.29. The first kappa shape index (κ1) is 14.3. The van der Waals surface area contributed by atoms with E-state index in [-0.39, 0.29) is 31.5 Å². The molecule has 0 amide bonds. The maximum Gasteiger partial charge on any atom is 0.297 e. The Morgan fingerprint density at radius 2 is 1.63 bits per heavy atom. The monoisotopic (exact) mass is 336 g/mol. The van der Waals surface area contributed by atoms with Crippen molar-refractivity contribution in [1.29, 1.82) is 0 Å². The van der Waals surface area contributed by atoms with Crippen molar-refractivity contribution in [3.8, 4) is 11.3 Å². The van der Waals surface area contributed by atoms with E-state index in [9.17, 15) is 10.1 Å². The molecular formula is C11H4Cl4N2O2. The summed E-state index contributed by atoms with van der Waals surface area (Å²) in [6, 6.07) is 4.03. The van der Waals surface area contributed by atoms with Crippen molar-refractivity contribution in [3.63, 3.8) is 0 Å². The van der Waals surface area contributed by atoms with Gasteiger partial charge in [0, 0.05) is 17.8 Å². The molecule has 0 bridgehead atoms. The third-order valence-electron chi connectivity index (χ3n) is 2.30. The first-order chi connectivity index (χ1) is 8.90. The van der Waals surface area contributed by atoms with Crippen molar-refractivity contribution in [2.24, 2.45) is 0 Å². The lowest BCUT2D eigenvalue weighted by molar-refractivity contribution is -0.384. The molecule has 0 aliphatic rings. The number of hydrogen-bond acceptors (Lipinski definition) is 3. The fourth-order valence-corrected chi connectivity index (χ4v) is 2.27. The van der Waals surface area contributed by atoms with Gasteiger partial charge in [-0.15, -0.1) is 0 Å². The summed E-state index contributed by atoms with van der Waals surface area (Å²) in [5.41, 5.74) is 0.144. The molecule has 0 radical (unpaired) electrons. The van der Waals surface area contributed by atoms with Crippen LogP contribution in [-0.4, -0.2) is 9.91 Å². The zero-order chi connectivity index (χ0) is 14.2. The number of benzene rings is 1. The van der Waals surface area contributed by atoms with E-state index in [1.54, 1.807) is 0 Å². The second-order valence-corrected chi connectivity index (χ2v) is 5.18. The molecular weight excluding hydrogens is 334 g/mol. The molecule has 1 aromatic carbocycles. The minimum atomic E-state index is -0.590. The van der Waals surface area contributed by atoms with Crippen molar-refractivity contribution >= 4 is 52.1 Å². The smallest absolute Gasteiger partial charge is 0.258 e. The molecule has 0 N–H and O–H groups in total. The average molecular weight is 338 g/mol. The van der Waals surface area contributed by atoms with E-state index in [1.807, 2.05) is 0 Å². The van der Waals surface area contributed by atoms with Crippen molar-refractivity contribution in [2.45, 2.75) is 0 Å². The largest absolute Gasteiger partial charge is 0.297 e. The molecule has 98 valence electrons. The van der Waals surface area contributed by atoms with Crippen LogP contribution >= 0.6 is 46.4 Å². The Morgan fingerprint density at radius 3 is 2.26 bits per heavy atom. The second-order valence-electron chi connectivity index (χ2n) is 3.52. The highest BCUT2D eigenvalue weighted by atomic mass is 35.5. The quantitative estimate of drug-likeness (QED) is 0.426. The second kappa shape index (κ2) is 5.51. The van der Waals surface area contributed by atoms with Gasteiger partial charge in [-0.25, -0.2) is 4.98 Å². The Hall–Kier alpha value is -1.07. The van der Waals surface area contributed by atoms with Crippen molar-refractivity contribution < 1.29 is 4.92 Å². The molecule has 0 aliphatic carbocycles. The SMILES string of the molecule is O=[N+]([O-])c1cc(Cl)cnc1-c1cc(Cl)c(Cl)cc1Cl. The van der Waals surface area contributed by atoms with Crippen LogP contribution in [0.4, 0.5) is 5.69 Å². The summed E-state index contributed by atoms with van der Waals surface area (Å²) in [7, 11) is 0. The van der Waals surface area contributed by atoms with Gasteiger partial charge in [-0.1, -0.05) is 46.4 Å². The van der Waals surface area contributed by atoms with E-state index in [2.05, 4.69) is 4.98 Å². The van der Waals surface area contributed by atoms with Gasteiger partial charge >= 0.3 is 0 Å². The molecule has 0 aliphatic heterocycles. The molecule has 4 nitrogen and oxygen atoms in total. The topological polar surface area (TPSA) is 56.0 Å². The minimum Gasteiger partial charge on any atom is -0.258 e. The maximum absolute atomic E-state index is 11.0. The van der Waals surface area contributed by atoms with Crippen LogP contribution in [0, 0.1) is 10.1 Å². The zero-order valence-corrected chi connectivity index (χ0v) is 12.1. The first-order valence-electron chi connectivity index (χ1n) is 4.85. The van der Waals surface area contributed by atoms with Crippen LogP contribution in [0.25, 0.3) is 11.3 Å². The van der Waals surface area contributed by atoms with Gasteiger partial charge in [-0.2, -0.15) is 0 Å². The standard InChI is InChI=1S/C11H4Cl4N2O2/c12-5-1-10(17(18)19)11(16-4-5)6-2-8(14)9(15)3-7(6)13/h1-4H. The Kier molecular flexibility index (Phi) is 4.16. The van der Waals surface area contributed by atoms with Gasteiger partial charge in [0.05, 0.1) is 25.0 Å². The zero-order valence-electron chi connectivity index (χ0n) is 9.03. The summed E-state index contributed by atoms with van der Waals surface area (Å²) >= 11 is 23.4. The number of rotatable bonds is 2. The Balaban J connectivity index is 2.72. The fraction of sp³-hybridized carbons (Fsp3) is 0. The van der Waals surface area contributed by atoms with Gasteiger partial charge in [-0.05, 0) is 12.1 Å². The summed E-state index contributed by atoms with van der Waals surface area (Å²) < 4.78 is 0. The molecule has 1 aromatic heterocycles. The summed E-state index contributed by atoms with van der Waals surface area (Å²) in [4.78, 5) is 14.4. The highest BCUT2D eigenvalue weighted by Crippen LogP contribution is 2.38. The van der Waals surface area contributed by atoms with E-state index in [0.29, 0.717) is 5.56 Å². The lowest BCUT2D eigenvalue weighted by Crippen LogP contribution is -1.95. The molecule has 0 saturated heterocycles. The van der Waals surface area contributed by atoms with Gasteiger partial charge in [-0.3, -0.25) is 10.1 Å². The molecule has 19 heavy (non-hydrogen) atoms. The number of nitro groups is 1. The predicted molar refractivity (Wildman–Crippen MR) is 76.4 cm³/mol. The Bertz CT molecular complexity index is 676. The summed E-state index contributed by atoms with van der Waals surface area (Å²) in [5.74, 6) is 0. The van der Waals surface area contributed by atoms with Gasteiger partial charge < -0.3 is 0 Å². The number of pyridine rings is 1. The molecule has 0 atom stereocenters. The van der Waals surface area contributed by atoms with Crippen LogP contribution < -0.4 is 0 Å². The summed E-state index contributed by atoms with van der Waals surface area (Å²) in [6.45, 7) is 0. The van der Waals surface area contributed by atoms with E-state index in [1.165, 1.54) is 24.4 Å². The maximum atomic E-state index is 11.0. The molecule has 0 saturated carbocycles. The predicted octanol–water partition coefficient (Wildman–Crippen LogP) is 5.27. The van der Waals surface area contributed by atoms with E-state index >= 15 is 0 Å². The van der Waals surface area contributed by atoms with E-state index < -0.39 is 4.92 Å². The Morgan fingerprint density at radius 1 is 1.00 bits per heavy atom. The van der Waals surface area contributed by atoms with Gasteiger partial charge in [0.25, 0.3) is 5.69 Å². The van der Waals surface area contributed by atoms with Gasteiger partial charge in [0.1, 0.15) is 5.69 Å². The number of halogens is 4. The number of aromatic nitrogens is 1. The summed E-state index contributed by atoms with van der Waals surface area (Å²) in [5, 5.41) is 11.9. The molecule has 8 heteroatoms. The van der Waals surface area contributed by atoms with Crippen LogP contribution in [0.1, 0.15) is 0 Å². The molecule has 0 unspecified atom stereocenters. The van der Waals surface area contributed by atoms with Crippen LogP contribution in [0.15, 0.2) is 24.4 Å². The van der Waals surface area contributed by atoms with Crippen LogP contribution in [0.3, 0.4) is 0 Å². The highest BCUT2D eigenvalue weighted by molar-refractivity contribution is 6.44. The lowest BCUT2D eigenvalue weighted by Gasteiger charge is -2.06. The average Bonchev–Trinajstić information content (AvgIpc) is 2.34. The molecule has 0 fully saturated rings. The van der Waals surface area contributed by atoms with Crippen molar-refractivity contribution in [3.05, 3.63) is 54.6 Å². The number of hydrogen-bond donors (Lipinski definition) is 0. The van der Waals surface area contributed by atoms with Crippen LogP contribution in [0.2, 0.25) is 20.1 Å². The molecule has 0 spiro atoms. The Labute approximate surface area is 128 Å². The lowest BCUT2D eigenvalue weighted by atomic mass is 10.1. The minimum absolute atomic E-state index is 0.0815. The van der Waals surface area contributed by atoms with E-state index in [0.717, 1.165) is 0 Å². The van der Waals surface area contributed by atoms with Crippen LogP contribution in [-0.2, 0) is 0 Å². The van der Waals surface area contributed by atoms with Crippen LogP contribution in [0.5, 0.6) is 0 Å². The molecule has 2 aromatic rings. The van der Waals surface area contributed by atoms with Gasteiger partial charge in [0.2, 0.25) is 0 Å². The fourth-order valence-electron chi connectivity index (χ4n) is 1.48. The van der Waals surface area contributed by atoms with Gasteiger partial charge in [0.15, 0.2) is 0 Å². The number of nitrogens with zero attached hydrogens (tertiary/aromatic N) is 2.